The zero-order chi connectivity index (χ0) is 14.5. The third kappa shape index (κ3) is 6.50. The van der Waals surface area contributed by atoms with Crippen LogP contribution in [0.5, 0.6) is 0 Å². The van der Waals surface area contributed by atoms with E-state index in [1.54, 1.807) is 13.8 Å². The largest absolute Gasteiger partial charge is 0.462 e. The SMILES string of the molecule is CC(C)OC(=O)[C@H](Cc1ccccc1)NP(N)(=O)O. The minimum Gasteiger partial charge on any atom is -0.462 e. The van der Waals surface area contributed by atoms with Gasteiger partial charge in [-0.3, -0.25) is 9.36 Å². The fourth-order valence-corrected chi connectivity index (χ4v) is 2.21. The van der Waals surface area contributed by atoms with Crippen molar-refractivity contribution in [2.45, 2.75) is 32.4 Å². The molecule has 1 unspecified atom stereocenters. The Hall–Kier alpha value is -1.20. The predicted molar refractivity (Wildman–Crippen MR) is 72.3 cm³/mol. The number of hydrogen-bond acceptors (Lipinski definition) is 3. The number of benzene rings is 1. The van der Waals surface area contributed by atoms with Crippen molar-refractivity contribution in [3.63, 3.8) is 0 Å². The van der Waals surface area contributed by atoms with Crippen LogP contribution in [-0.2, 0) is 20.5 Å². The Balaban J connectivity index is 2.80. The van der Waals surface area contributed by atoms with Crippen molar-refractivity contribution in [2.75, 3.05) is 0 Å². The number of carbonyl (C=O) groups is 1. The van der Waals surface area contributed by atoms with E-state index < -0.39 is 19.7 Å². The molecule has 0 amide bonds. The molecular weight excluding hydrogens is 267 g/mol. The molecule has 0 aliphatic carbocycles. The monoisotopic (exact) mass is 286 g/mol. The Kier molecular flexibility index (Phi) is 5.69. The van der Waals surface area contributed by atoms with Crippen LogP contribution in [0, 0.1) is 0 Å². The molecule has 106 valence electrons. The molecule has 0 radical (unpaired) electrons. The molecular formula is C12H19N2O4P. The zero-order valence-electron chi connectivity index (χ0n) is 10.9. The van der Waals surface area contributed by atoms with E-state index in [1.807, 2.05) is 30.3 Å². The number of nitrogens with one attached hydrogen (secondary N) is 1. The predicted octanol–water partition coefficient (Wildman–Crippen LogP) is 1.20. The Morgan fingerprint density at radius 1 is 1.42 bits per heavy atom. The summed E-state index contributed by atoms with van der Waals surface area (Å²) in [7, 11) is -4.01. The highest BCUT2D eigenvalue weighted by atomic mass is 31.2. The third-order valence-corrected chi connectivity index (χ3v) is 2.94. The molecule has 0 heterocycles. The summed E-state index contributed by atoms with van der Waals surface area (Å²) in [5.41, 5.74) is 5.89. The van der Waals surface area contributed by atoms with Crippen LogP contribution in [0.15, 0.2) is 30.3 Å². The van der Waals surface area contributed by atoms with Gasteiger partial charge in [-0.25, -0.2) is 10.6 Å². The van der Waals surface area contributed by atoms with Crippen LogP contribution in [0.25, 0.3) is 0 Å². The molecule has 19 heavy (non-hydrogen) atoms. The number of ether oxygens (including phenoxy) is 1. The maximum absolute atomic E-state index is 11.9. The average molecular weight is 286 g/mol. The second-order valence-electron chi connectivity index (χ2n) is 4.48. The van der Waals surface area contributed by atoms with E-state index in [4.69, 9.17) is 15.1 Å². The van der Waals surface area contributed by atoms with Gasteiger partial charge in [0.05, 0.1) is 6.10 Å². The molecule has 0 fully saturated rings. The molecule has 1 aromatic rings. The zero-order valence-corrected chi connectivity index (χ0v) is 11.8. The van der Waals surface area contributed by atoms with Gasteiger partial charge in [0.15, 0.2) is 0 Å². The summed E-state index contributed by atoms with van der Waals surface area (Å²) in [6.07, 6.45) is -0.0721. The molecule has 0 spiro atoms. The summed E-state index contributed by atoms with van der Waals surface area (Å²) >= 11 is 0. The lowest BCUT2D eigenvalue weighted by molar-refractivity contribution is -0.149. The summed E-state index contributed by atoms with van der Waals surface area (Å²) in [5, 5.41) is 2.22. The van der Waals surface area contributed by atoms with E-state index in [0.717, 1.165) is 5.56 Å². The molecule has 7 heteroatoms. The van der Waals surface area contributed by atoms with Crippen LogP contribution >= 0.6 is 7.67 Å². The number of rotatable bonds is 6. The lowest BCUT2D eigenvalue weighted by Gasteiger charge is -2.20. The fraction of sp³-hybridized carbons (Fsp3) is 0.417. The Morgan fingerprint density at radius 3 is 2.47 bits per heavy atom. The van der Waals surface area contributed by atoms with Gasteiger partial charge in [-0.2, -0.15) is 0 Å². The molecule has 0 aromatic heterocycles. The Labute approximate surface area is 112 Å². The molecule has 0 saturated carbocycles. The molecule has 1 aromatic carbocycles. The van der Waals surface area contributed by atoms with Crippen LogP contribution < -0.4 is 10.6 Å². The van der Waals surface area contributed by atoms with Gasteiger partial charge in [0.25, 0.3) is 0 Å². The molecule has 2 atom stereocenters. The highest BCUT2D eigenvalue weighted by Crippen LogP contribution is 2.25. The summed E-state index contributed by atoms with van der Waals surface area (Å²) in [5.74, 6) is -0.599. The van der Waals surface area contributed by atoms with E-state index in [0.29, 0.717) is 0 Å². The minimum absolute atomic E-state index is 0.230. The van der Waals surface area contributed by atoms with Crippen molar-refractivity contribution < 1.29 is 19.0 Å². The summed E-state index contributed by atoms with van der Waals surface area (Å²) < 4.78 is 16.3. The van der Waals surface area contributed by atoms with E-state index in [9.17, 15) is 9.36 Å². The number of esters is 1. The van der Waals surface area contributed by atoms with Crippen LogP contribution in [0.3, 0.4) is 0 Å². The second kappa shape index (κ2) is 6.82. The van der Waals surface area contributed by atoms with Gasteiger partial charge in [0.1, 0.15) is 6.04 Å². The van der Waals surface area contributed by atoms with Crippen molar-refractivity contribution in [3.8, 4) is 0 Å². The first-order valence-corrected chi connectivity index (χ1v) is 7.64. The average Bonchev–Trinajstić information content (AvgIpc) is 2.26. The van der Waals surface area contributed by atoms with E-state index >= 15 is 0 Å². The topological polar surface area (TPSA) is 102 Å². The van der Waals surface area contributed by atoms with E-state index in [2.05, 4.69) is 5.09 Å². The van der Waals surface area contributed by atoms with Gasteiger partial charge in [0.2, 0.25) is 0 Å². The van der Waals surface area contributed by atoms with Gasteiger partial charge in [-0.1, -0.05) is 30.3 Å². The van der Waals surface area contributed by atoms with Gasteiger partial charge < -0.3 is 9.63 Å². The van der Waals surface area contributed by atoms with E-state index in [1.165, 1.54) is 0 Å². The van der Waals surface area contributed by atoms with Crippen molar-refractivity contribution in [2.24, 2.45) is 5.50 Å². The maximum Gasteiger partial charge on any atom is 0.336 e. The lowest BCUT2D eigenvalue weighted by Crippen LogP contribution is -2.40. The van der Waals surface area contributed by atoms with Gasteiger partial charge in [-0.15, -0.1) is 0 Å². The normalized spacial score (nSPS) is 15.8. The lowest BCUT2D eigenvalue weighted by atomic mass is 10.1. The molecule has 0 aliphatic rings. The van der Waals surface area contributed by atoms with Crippen molar-refractivity contribution in [3.05, 3.63) is 35.9 Å². The van der Waals surface area contributed by atoms with Crippen molar-refractivity contribution in [1.82, 2.24) is 5.09 Å². The Morgan fingerprint density at radius 2 is 2.00 bits per heavy atom. The van der Waals surface area contributed by atoms with Crippen LogP contribution in [0.1, 0.15) is 19.4 Å². The number of carbonyl (C=O) groups excluding carboxylic acids is 1. The fourth-order valence-electron chi connectivity index (χ4n) is 1.57. The molecule has 4 N–H and O–H groups in total. The smallest absolute Gasteiger partial charge is 0.336 e. The van der Waals surface area contributed by atoms with Crippen LogP contribution in [0.4, 0.5) is 0 Å². The number of nitrogens with two attached hydrogens (primary N) is 1. The summed E-state index contributed by atoms with van der Waals surface area (Å²) in [6.45, 7) is 3.41. The first kappa shape index (κ1) is 15.9. The highest BCUT2D eigenvalue weighted by Gasteiger charge is 2.27. The summed E-state index contributed by atoms with van der Waals surface area (Å²) in [6, 6.07) is 8.16. The molecule has 0 bridgehead atoms. The standard InChI is InChI=1S/C12H19N2O4P/c1-9(2)18-12(15)11(14-19(13,16)17)8-10-6-4-3-5-7-10/h3-7,9,11H,8H2,1-2H3,(H4,13,14,16,17)/t11-/m0/s1. The van der Waals surface area contributed by atoms with E-state index in [-0.39, 0.29) is 12.5 Å². The summed E-state index contributed by atoms with van der Waals surface area (Å²) in [4.78, 5) is 21.0. The van der Waals surface area contributed by atoms with Gasteiger partial charge >= 0.3 is 13.6 Å². The molecule has 6 nitrogen and oxygen atoms in total. The molecule has 1 rings (SSSR count). The molecule has 0 aliphatic heterocycles. The number of hydrogen-bond donors (Lipinski definition) is 3. The minimum atomic E-state index is -4.01. The quantitative estimate of drug-likeness (QED) is 0.536. The van der Waals surface area contributed by atoms with Crippen molar-refractivity contribution >= 4 is 13.6 Å². The maximum atomic E-state index is 11.9. The third-order valence-electron chi connectivity index (χ3n) is 2.26. The van der Waals surface area contributed by atoms with Gasteiger partial charge in [-0.05, 0) is 25.8 Å². The second-order valence-corrected chi connectivity index (χ2v) is 5.98. The Bertz CT molecular complexity index is 458. The van der Waals surface area contributed by atoms with Crippen LogP contribution in [-0.4, -0.2) is 23.0 Å². The first-order valence-electron chi connectivity index (χ1n) is 5.91. The highest BCUT2D eigenvalue weighted by molar-refractivity contribution is 7.53. The molecule has 0 saturated heterocycles. The van der Waals surface area contributed by atoms with Crippen LogP contribution in [0.2, 0.25) is 0 Å². The van der Waals surface area contributed by atoms with Gasteiger partial charge in [0, 0.05) is 0 Å². The first-order chi connectivity index (χ1) is 8.78. The van der Waals surface area contributed by atoms with Crippen molar-refractivity contribution in [1.29, 1.82) is 0 Å².